The molecule has 126 valence electrons. The normalized spacial score (nSPS) is 13.3. The monoisotopic (exact) mass is 431 g/mol. The summed E-state index contributed by atoms with van der Waals surface area (Å²) in [5, 5.41) is 6.14. The van der Waals surface area contributed by atoms with Crippen LogP contribution in [0.15, 0.2) is 29.3 Å². The van der Waals surface area contributed by atoms with Gasteiger partial charge in [0.25, 0.3) is 0 Å². The number of nitrogens with one attached hydrogen (secondary N) is 2. The molecule has 4 nitrogen and oxygen atoms in total. The predicted molar refractivity (Wildman–Crippen MR) is 91.5 cm³/mol. The minimum atomic E-state index is -4.31. The van der Waals surface area contributed by atoms with E-state index in [9.17, 15) is 13.2 Å². The summed E-state index contributed by atoms with van der Waals surface area (Å²) in [6.07, 6.45) is -4.31. The molecular formula is C14H21F3IN3O. The van der Waals surface area contributed by atoms with Gasteiger partial charge in [-0.25, -0.2) is 0 Å². The summed E-state index contributed by atoms with van der Waals surface area (Å²) in [5.41, 5.74) is 0.0906. The van der Waals surface area contributed by atoms with Crippen molar-refractivity contribution >= 4 is 29.9 Å². The van der Waals surface area contributed by atoms with Crippen molar-refractivity contribution in [3.8, 4) is 0 Å². The quantitative estimate of drug-likeness (QED) is 0.428. The zero-order chi connectivity index (χ0) is 15.9. The van der Waals surface area contributed by atoms with Gasteiger partial charge in [-0.15, -0.1) is 24.0 Å². The molecule has 1 atom stereocenters. The molecule has 0 spiro atoms. The second kappa shape index (κ2) is 9.88. The number of alkyl halides is 3. The molecule has 0 aromatic heterocycles. The Labute approximate surface area is 145 Å². The fraction of sp³-hybridized carbons (Fsp3) is 0.500. The lowest BCUT2D eigenvalue weighted by Gasteiger charge is -2.17. The first-order chi connectivity index (χ1) is 9.86. The number of rotatable bonds is 5. The van der Waals surface area contributed by atoms with Gasteiger partial charge >= 0.3 is 6.18 Å². The Bertz CT molecular complexity index is 463. The van der Waals surface area contributed by atoms with Crippen molar-refractivity contribution < 1.29 is 17.9 Å². The number of ether oxygens (including phenoxy) is 1. The second-order valence-corrected chi connectivity index (χ2v) is 4.62. The average Bonchev–Trinajstić information content (AvgIpc) is 2.43. The number of guanidine groups is 1. The van der Waals surface area contributed by atoms with E-state index >= 15 is 0 Å². The summed E-state index contributed by atoms with van der Waals surface area (Å²) < 4.78 is 42.3. The van der Waals surface area contributed by atoms with E-state index in [4.69, 9.17) is 4.74 Å². The molecule has 8 heteroatoms. The Hall–Kier alpha value is -1.03. The summed E-state index contributed by atoms with van der Waals surface area (Å²) in [7, 11) is 3.23. The van der Waals surface area contributed by atoms with Crippen molar-refractivity contribution in [1.82, 2.24) is 10.6 Å². The summed E-state index contributed by atoms with van der Waals surface area (Å²) in [6, 6.07) is 5.11. The fourth-order valence-corrected chi connectivity index (χ4v) is 1.72. The number of aliphatic imine (C=N–C) groups is 1. The molecule has 0 heterocycles. The van der Waals surface area contributed by atoms with Crippen molar-refractivity contribution in [3.05, 3.63) is 35.4 Å². The number of benzene rings is 1. The molecule has 2 N–H and O–H groups in total. The van der Waals surface area contributed by atoms with Crippen molar-refractivity contribution in [3.63, 3.8) is 0 Å². The van der Waals surface area contributed by atoms with E-state index in [2.05, 4.69) is 15.6 Å². The van der Waals surface area contributed by atoms with Crippen LogP contribution in [0.1, 0.15) is 18.1 Å². The third-order valence-corrected chi connectivity index (χ3v) is 2.76. The van der Waals surface area contributed by atoms with Crippen molar-refractivity contribution in [2.24, 2.45) is 4.99 Å². The van der Waals surface area contributed by atoms with Crippen molar-refractivity contribution in [1.29, 1.82) is 0 Å². The summed E-state index contributed by atoms with van der Waals surface area (Å²) in [5.74, 6) is 0.569. The SMILES string of the molecule is CN=C(NCc1ccc(C(F)(F)F)cc1)NC(C)COC.I. The standard InChI is InChI=1S/C14H20F3N3O.HI/c1-10(9-21-3)20-13(18-2)19-8-11-4-6-12(7-5-11)14(15,16)17;/h4-7,10H,8-9H2,1-3H3,(H2,18,19,20);1H. The number of nitrogens with zero attached hydrogens (tertiary/aromatic N) is 1. The molecule has 1 rings (SSSR count). The first-order valence-electron chi connectivity index (χ1n) is 6.49. The van der Waals surface area contributed by atoms with E-state index in [0.717, 1.165) is 17.7 Å². The Morgan fingerprint density at radius 2 is 1.86 bits per heavy atom. The molecule has 0 aliphatic carbocycles. The van der Waals surface area contributed by atoms with Crippen LogP contribution >= 0.6 is 24.0 Å². The number of methoxy groups -OCH3 is 1. The third kappa shape index (κ3) is 7.30. The van der Waals surface area contributed by atoms with Crippen LogP contribution in [-0.2, 0) is 17.5 Å². The van der Waals surface area contributed by atoms with Gasteiger partial charge in [-0.05, 0) is 24.6 Å². The number of hydrogen-bond acceptors (Lipinski definition) is 2. The molecule has 0 fully saturated rings. The second-order valence-electron chi connectivity index (χ2n) is 4.62. The molecule has 22 heavy (non-hydrogen) atoms. The van der Waals surface area contributed by atoms with Crippen LogP contribution < -0.4 is 10.6 Å². The number of hydrogen-bond donors (Lipinski definition) is 2. The van der Waals surface area contributed by atoms with E-state index in [1.54, 1.807) is 14.2 Å². The van der Waals surface area contributed by atoms with Gasteiger partial charge in [0.15, 0.2) is 5.96 Å². The summed E-state index contributed by atoms with van der Waals surface area (Å²) >= 11 is 0. The Morgan fingerprint density at radius 1 is 1.27 bits per heavy atom. The lowest BCUT2D eigenvalue weighted by atomic mass is 10.1. The van der Waals surface area contributed by atoms with E-state index in [1.807, 2.05) is 6.92 Å². The van der Waals surface area contributed by atoms with Gasteiger partial charge in [-0.3, -0.25) is 4.99 Å². The lowest BCUT2D eigenvalue weighted by Crippen LogP contribution is -2.43. The van der Waals surface area contributed by atoms with Crippen LogP contribution in [0.25, 0.3) is 0 Å². The van der Waals surface area contributed by atoms with Gasteiger partial charge < -0.3 is 15.4 Å². The van der Waals surface area contributed by atoms with Crippen LogP contribution in [0.5, 0.6) is 0 Å². The predicted octanol–water partition coefficient (Wildman–Crippen LogP) is 3.02. The molecule has 0 amide bonds. The summed E-state index contributed by atoms with van der Waals surface area (Å²) in [6.45, 7) is 2.85. The molecule has 0 bridgehead atoms. The number of halogens is 4. The van der Waals surface area contributed by atoms with Crippen LogP contribution in [0.4, 0.5) is 13.2 Å². The molecule has 0 aliphatic heterocycles. The smallest absolute Gasteiger partial charge is 0.383 e. The molecule has 0 saturated heterocycles. The minimum absolute atomic E-state index is 0. The first-order valence-corrected chi connectivity index (χ1v) is 6.49. The minimum Gasteiger partial charge on any atom is -0.383 e. The average molecular weight is 431 g/mol. The van der Waals surface area contributed by atoms with Gasteiger partial charge in [0, 0.05) is 26.7 Å². The van der Waals surface area contributed by atoms with Crippen LogP contribution in [0.3, 0.4) is 0 Å². The first kappa shape index (κ1) is 21.0. The largest absolute Gasteiger partial charge is 0.416 e. The maximum atomic E-state index is 12.4. The molecule has 1 unspecified atom stereocenters. The van der Waals surface area contributed by atoms with Gasteiger partial charge in [-0.1, -0.05) is 12.1 Å². The molecule has 0 aliphatic rings. The zero-order valence-corrected chi connectivity index (χ0v) is 15.0. The highest BCUT2D eigenvalue weighted by Crippen LogP contribution is 2.28. The molecule has 0 radical (unpaired) electrons. The summed E-state index contributed by atoms with van der Waals surface area (Å²) in [4.78, 5) is 4.04. The zero-order valence-electron chi connectivity index (χ0n) is 12.7. The Kier molecular flexibility index (Phi) is 9.42. The van der Waals surface area contributed by atoms with E-state index in [1.165, 1.54) is 12.1 Å². The molecule has 1 aromatic carbocycles. The van der Waals surface area contributed by atoms with Crippen LogP contribution in [-0.4, -0.2) is 32.8 Å². The highest BCUT2D eigenvalue weighted by Gasteiger charge is 2.29. The molecular weight excluding hydrogens is 410 g/mol. The van der Waals surface area contributed by atoms with Gasteiger partial charge in [0.05, 0.1) is 12.2 Å². The van der Waals surface area contributed by atoms with Gasteiger partial charge in [0.2, 0.25) is 0 Å². The van der Waals surface area contributed by atoms with Crippen molar-refractivity contribution in [2.45, 2.75) is 25.7 Å². The van der Waals surface area contributed by atoms with E-state index < -0.39 is 11.7 Å². The van der Waals surface area contributed by atoms with Crippen LogP contribution in [0.2, 0.25) is 0 Å². The van der Waals surface area contributed by atoms with E-state index in [0.29, 0.717) is 19.1 Å². The lowest BCUT2D eigenvalue weighted by molar-refractivity contribution is -0.137. The van der Waals surface area contributed by atoms with Gasteiger partial charge in [0.1, 0.15) is 0 Å². The maximum Gasteiger partial charge on any atom is 0.416 e. The Morgan fingerprint density at radius 3 is 2.32 bits per heavy atom. The maximum absolute atomic E-state index is 12.4. The van der Waals surface area contributed by atoms with E-state index in [-0.39, 0.29) is 30.0 Å². The topological polar surface area (TPSA) is 45.7 Å². The molecule has 1 aromatic rings. The molecule has 0 saturated carbocycles. The highest BCUT2D eigenvalue weighted by molar-refractivity contribution is 14.0. The van der Waals surface area contributed by atoms with Gasteiger partial charge in [-0.2, -0.15) is 13.2 Å². The Balaban J connectivity index is 0.00000441. The van der Waals surface area contributed by atoms with Crippen molar-refractivity contribution in [2.75, 3.05) is 20.8 Å². The van der Waals surface area contributed by atoms with Crippen LogP contribution in [0, 0.1) is 0 Å². The highest BCUT2D eigenvalue weighted by atomic mass is 127. The third-order valence-electron chi connectivity index (χ3n) is 2.76. The fourth-order valence-electron chi connectivity index (χ4n) is 1.72.